The van der Waals surface area contributed by atoms with Crippen LogP contribution in [0.3, 0.4) is 0 Å². The number of rotatable bonds is 6. The van der Waals surface area contributed by atoms with Crippen LogP contribution in [0.5, 0.6) is 5.75 Å². The Hall–Kier alpha value is -4.64. The number of methoxy groups -OCH3 is 1. The minimum atomic E-state index is -0.446. The van der Waals surface area contributed by atoms with Crippen molar-refractivity contribution in [1.82, 2.24) is 9.88 Å². The SMILES string of the molecule is C#Cc1ccc(NC(=O)c2cccc(OC)c2N(C)C(=O)c2ccc(C(=N)N3CCCC3C)cc2)nc1. The highest BCUT2D eigenvalue weighted by atomic mass is 16.5. The maximum absolute atomic E-state index is 13.4. The quantitative estimate of drug-likeness (QED) is 0.300. The number of amides is 2. The molecule has 1 aliphatic rings. The normalized spacial score (nSPS) is 14.5. The van der Waals surface area contributed by atoms with Gasteiger partial charge in [0.2, 0.25) is 0 Å². The van der Waals surface area contributed by atoms with Gasteiger partial charge >= 0.3 is 0 Å². The third-order valence-electron chi connectivity index (χ3n) is 6.52. The van der Waals surface area contributed by atoms with Gasteiger partial charge in [0.15, 0.2) is 0 Å². The van der Waals surface area contributed by atoms with Gasteiger partial charge in [-0.3, -0.25) is 15.0 Å². The summed E-state index contributed by atoms with van der Waals surface area (Å²) < 4.78 is 5.50. The third-order valence-corrected chi connectivity index (χ3v) is 6.52. The Balaban J connectivity index is 1.58. The molecule has 1 aliphatic heterocycles. The van der Waals surface area contributed by atoms with Gasteiger partial charge in [0.1, 0.15) is 17.4 Å². The Morgan fingerprint density at radius 3 is 2.49 bits per heavy atom. The fraction of sp³-hybridized carbons (Fsp3) is 0.241. The van der Waals surface area contributed by atoms with Crippen LogP contribution < -0.4 is 15.0 Å². The first kappa shape index (κ1) is 25.5. The molecule has 1 unspecified atom stereocenters. The molecule has 1 aromatic heterocycles. The largest absolute Gasteiger partial charge is 0.495 e. The number of terminal acetylenes is 1. The zero-order valence-corrected chi connectivity index (χ0v) is 21.1. The molecule has 8 nitrogen and oxygen atoms in total. The smallest absolute Gasteiger partial charge is 0.259 e. The Morgan fingerprint density at radius 1 is 1.16 bits per heavy atom. The Morgan fingerprint density at radius 2 is 1.89 bits per heavy atom. The number of carbonyl (C=O) groups is 2. The summed E-state index contributed by atoms with van der Waals surface area (Å²) in [6.45, 7) is 2.99. The second-order valence-corrected chi connectivity index (χ2v) is 8.86. The molecule has 3 aromatic rings. The van der Waals surface area contributed by atoms with E-state index < -0.39 is 5.91 Å². The number of likely N-dealkylation sites (tertiary alicyclic amines) is 1. The van der Waals surface area contributed by atoms with E-state index in [1.807, 2.05) is 0 Å². The van der Waals surface area contributed by atoms with E-state index >= 15 is 0 Å². The highest BCUT2D eigenvalue weighted by Crippen LogP contribution is 2.33. The van der Waals surface area contributed by atoms with Crippen LogP contribution >= 0.6 is 0 Å². The van der Waals surface area contributed by atoms with Gasteiger partial charge in [-0.25, -0.2) is 4.98 Å². The number of aromatic nitrogens is 1. The molecule has 1 saturated heterocycles. The molecule has 8 heteroatoms. The molecule has 2 amide bonds. The van der Waals surface area contributed by atoms with Crippen molar-refractivity contribution in [2.24, 2.45) is 0 Å². The molecule has 0 aliphatic carbocycles. The molecular formula is C29H29N5O3. The van der Waals surface area contributed by atoms with Crippen molar-refractivity contribution < 1.29 is 14.3 Å². The van der Waals surface area contributed by atoms with Crippen LogP contribution in [-0.4, -0.2) is 54.3 Å². The summed E-state index contributed by atoms with van der Waals surface area (Å²) in [7, 11) is 3.08. The lowest BCUT2D eigenvalue weighted by Gasteiger charge is -2.25. The second kappa shape index (κ2) is 11.0. The van der Waals surface area contributed by atoms with Gasteiger partial charge in [0.25, 0.3) is 11.8 Å². The van der Waals surface area contributed by atoms with E-state index in [1.54, 1.807) is 61.6 Å². The van der Waals surface area contributed by atoms with E-state index in [4.69, 9.17) is 16.6 Å². The van der Waals surface area contributed by atoms with Crippen LogP contribution in [0.1, 0.15) is 51.6 Å². The molecule has 2 N–H and O–H groups in total. The van der Waals surface area contributed by atoms with Crippen molar-refractivity contribution in [2.45, 2.75) is 25.8 Å². The predicted octanol–water partition coefficient (Wildman–Crippen LogP) is 4.41. The molecule has 188 valence electrons. The Bertz CT molecular complexity index is 1360. The molecule has 0 bridgehead atoms. The Kier molecular flexibility index (Phi) is 7.54. The first-order valence-corrected chi connectivity index (χ1v) is 12.0. The van der Waals surface area contributed by atoms with Crippen LogP contribution in [-0.2, 0) is 0 Å². The van der Waals surface area contributed by atoms with E-state index in [1.165, 1.54) is 18.2 Å². The highest BCUT2D eigenvalue weighted by molar-refractivity contribution is 6.14. The summed E-state index contributed by atoms with van der Waals surface area (Å²) in [5.74, 6) is 2.89. The van der Waals surface area contributed by atoms with Crippen LogP contribution in [0.4, 0.5) is 11.5 Å². The van der Waals surface area contributed by atoms with Gasteiger partial charge in [0.05, 0.1) is 18.4 Å². The molecule has 2 heterocycles. The molecule has 0 spiro atoms. The van der Waals surface area contributed by atoms with Crippen molar-refractivity contribution in [3.63, 3.8) is 0 Å². The number of nitrogens with zero attached hydrogens (tertiary/aromatic N) is 3. The fourth-order valence-corrected chi connectivity index (χ4v) is 4.45. The number of pyridine rings is 1. The minimum Gasteiger partial charge on any atom is -0.495 e. The topological polar surface area (TPSA) is 98.6 Å². The summed E-state index contributed by atoms with van der Waals surface area (Å²) in [4.78, 5) is 34.3. The summed E-state index contributed by atoms with van der Waals surface area (Å²) in [5, 5.41) is 11.3. The molecule has 0 saturated carbocycles. The lowest BCUT2D eigenvalue weighted by Crippen LogP contribution is -2.33. The summed E-state index contributed by atoms with van der Waals surface area (Å²) in [6.07, 6.45) is 9.01. The van der Waals surface area contributed by atoms with Gasteiger partial charge in [-0.1, -0.05) is 24.1 Å². The number of benzene rings is 2. The lowest BCUT2D eigenvalue weighted by atomic mass is 10.1. The molecule has 37 heavy (non-hydrogen) atoms. The summed E-state index contributed by atoms with van der Waals surface area (Å²) in [6, 6.07) is 15.6. The van der Waals surface area contributed by atoms with E-state index in [0.717, 1.165) is 24.9 Å². The van der Waals surface area contributed by atoms with E-state index in [0.29, 0.717) is 40.3 Å². The zero-order chi connectivity index (χ0) is 26.5. The molecule has 2 aromatic carbocycles. The van der Waals surface area contributed by atoms with Crippen molar-refractivity contribution in [3.05, 3.63) is 83.0 Å². The number of nitrogens with one attached hydrogen (secondary N) is 2. The monoisotopic (exact) mass is 495 g/mol. The number of anilines is 2. The number of hydrogen-bond donors (Lipinski definition) is 2. The van der Waals surface area contributed by atoms with Gasteiger partial charge in [0, 0.05) is 42.5 Å². The fourth-order valence-electron chi connectivity index (χ4n) is 4.45. The zero-order valence-electron chi connectivity index (χ0n) is 21.1. The van der Waals surface area contributed by atoms with Crippen molar-refractivity contribution >= 4 is 29.2 Å². The molecule has 1 fully saturated rings. The number of para-hydroxylation sites is 1. The lowest BCUT2D eigenvalue weighted by molar-refractivity contribution is 0.0992. The standard InChI is InChI=1S/C29H29N5O3/c1-5-20-11-16-25(31-18-20)32-28(35)23-9-6-10-24(37-4)26(23)33(3)29(36)22-14-12-21(13-15-22)27(30)34-17-7-8-19(34)2/h1,6,9-16,18-19,30H,7-8,17H2,2-4H3,(H,31,32,35). The van der Waals surface area contributed by atoms with Gasteiger partial charge in [-0.05, 0) is 56.2 Å². The number of ether oxygens (including phenoxy) is 1. The van der Waals surface area contributed by atoms with Crippen molar-refractivity contribution in [3.8, 4) is 18.1 Å². The summed E-state index contributed by atoms with van der Waals surface area (Å²) in [5.41, 5.74) is 2.36. The van der Waals surface area contributed by atoms with E-state index in [9.17, 15) is 9.59 Å². The highest BCUT2D eigenvalue weighted by Gasteiger charge is 2.26. The molecule has 0 radical (unpaired) electrons. The maximum atomic E-state index is 13.4. The van der Waals surface area contributed by atoms with Crippen molar-refractivity contribution in [2.75, 3.05) is 30.9 Å². The van der Waals surface area contributed by atoms with E-state index in [-0.39, 0.29) is 11.5 Å². The molecule has 4 rings (SSSR count). The average Bonchev–Trinajstić information content (AvgIpc) is 3.37. The van der Waals surface area contributed by atoms with Crippen LogP contribution in [0.15, 0.2) is 60.8 Å². The Labute approximate surface area is 216 Å². The average molecular weight is 496 g/mol. The molecule has 1 atom stereocenters. The number of hydrogen-bond acceptors (Lipinski definition) is 5. The molecular weight excluding hydrogens is 466 g/mol. The maximum Gasteiger partial charge on any atom is 0.259 e. The van der Waals surface area contributed by atoms with Gasteiger partial charge in [-0.2, -0.15) is 0 Å². The van der Waals surface area contributed by atoms with Gasteiger partial charge < -0.3 is 19.9 Å². The first-order valence-electron chi connectivity index (χ1n) is 12.0. The second-order valence-electron chi connectivity index (χ2n) is 8.86. The van der Waals surface area contributed by atoms with Crippen LogP contribution in [0.25, 0.3) is 0 Å². The van der Waals surface area contributed by atoms with Crippen LogP contribution in [0.2, 0.25) is 0 Å². The van der Waals surface area contributed by atoms with E-state index in [2.05, 4.69) is 28.0 Å². The van der Waals surface area contributed by atoms with Crippen molar-refractivity contribution in [1.29, 1.82) is 5.41 Å². The van der Waals surface area contributed by atoms with Gasteiger partial charge in [-0.15, -0.1) is 6.42 Å². The number of amidine groups is 1. The predicted molar refractivity (Wildman–Crippen MR) is 145 cm³/mol. The number of carbonyl (C=O) groups excluding carboxylic acids is 2. The third kappa shape index (κ3) is 5.31. The minimum absolute atomic E-state index is 0.249. The van der Waals surface area contributed by atoms with Crippen LogP contribution in [0, 0.1) is 17.8 Å². The first-order chi connectivity index (χ1) is 17.8. The summed E-state index contributed by atoms with van der Waals surface area (Å²) >= 11 is 0.